The van der Waals surface area contributed by atoms with E-state index in [4.69, 9.17) is 0 Å². The van der Waals surface area contributed by atoms with E-state index >= 15 is 0 Å². The van der Waals surface area contributed by atoms with Gasteiger partial charge >= 0.3 is 0 Å². The van der Waals surface area contributed by atoms with E-state index in [1.807, 2.05) is 6.07 Å². The van der Waals surface area contributed by atoms with Crippen LogP contribution in [0, 0.1) is 11.6 Å². The van der Waals surface area contributed by atoms with Crippen molar-refractivity contribution in [3.8, 4) is 0 Å². The third-order valence-corrected chi connectivity index (χ3v) is 4.06. The first-order chi connectivity index (χ1) is 10.6. The smallest absolute Gasteiger partial charge is 0.127 e. The highest BCUT2D eigenvalue weighted by Gasteiger charge is 2.31. The Morgan fingerprint density at radius 1 is 1.05 bits per heavy atom. The Hall–Kier alpha value is -1.78. The van der Waals surface area contributed by atoms with E-state index in [0.29, 0.717) is 30.3 Å². The Kier molecular flexibility index (Phi) is 4.50. The molecule has 0 saturated heterocycles. The lowest BCUT2D eigenvalue weighted by Gasteiger charge is -2.25. The predicted octanol–water partition coefficient (Wildman–Crippen LogP) is 3.66. The summed E-state index contributed by atoms with van der Waals surface area (Å²) in [5.41, 5.74) is 1.32. The number of halogens is 2. The maximum Gasteiger partial charge on any atom is 0.127 e. The van der Waals surface area contributed by atoms with Gasteiger partial charge in [0.2, 0.25) is 0 Å². The van der Waals surface area contributed by atoms with Crippen molar-refractivity contribution in [1.82, 2.24) is 4.90 Å². The van der Waals surface area contributed by atoms with Crippen LogP contribution in [0.5, 0.6) is 0 Å². The van der Waals surface area contributed by atoms with Gasteiger partial charge in [0.25, 0.3) is 0 Å². The maximum absolute atomic E-state index is 13.8. The Labute approximate surface area is 129 Å². The second-order valence-electron chi connectivity index (χ2n) is 5.82. The highest BCUT2D eigenvalue weighted by molar-refractivity contribution is 5.20. The topological polar surface area (TPSA) is 23.5 Å². The standard InChI is InChI=1S/C18H19F2NO/c19-15-7-5-13(6-8-15)18(22)12-21(16-9-10-16)11-14-3-1-2-4-17(14)20/h1-8,16,18,22H,9-12H2. The molecule has 0 bridgehead atoms. The molecule has 1 aliphatic carbocycles. The van der Waals surface area contributed by atoms with Gasteiger partial charge in [-0.2, -0.15) is 0 Å². The highest BCUT2D eigenvalue weighted by Crippen LogP contribution is 2.30. The molecule has 1 saturated carbocycles. The van der Waals surface area contributed by atoms with Gasteiger partial charge in [0, 0.05) is 24.7 Å². The maximum atomic E-state index is 13.8. The minimum absolute atomic E-state index is 0.218. The van der Waals surface area contributed by atoms with Crippen molar-refractivity contribution in [3.05, 3.63) is 71.3 Å². The van der Waals surface area contributed by atoms with Crippen molar-refractivity contribution in [1.29, 1.82) is 0 Å². The average Bonchev–Trinajstić information content (AvgIpc) is 3.34. The van der Waals surface area contributed by atoms with Crippen LogP contribution in [0.4, 0.5) is 8.78 Å². The van der Waals surface area contributed by atoms with Crippen molar-refractivity contribution >= 4 is 0 Å². The van der Waals surface area contributed by atoms with Crippen LogP contribution in [0.3, 0.4) is 0 Å². The van der Waals surface area contributed by atoms with E-state index in [-0.39, 0.29) is 11.6 Å². The number of hydrogen-bond donors (Lipinski definition) is 1. The zero-order valence-corrected chi connectivity index (χ0v) is 12.3. The van der Waals surface area contributed by atoms with Gasteiger partial charge in [0.1, 0.15) is 11.6 Å². The summed E-state index contributed by atoms with van der Waals surface area (Å²) >= 11 is 0. The third kappa shape index (κ3) is 3.70. The molecule has 1 unspecified atom stereocenters. The van der Waals surface area contributed by atoms with E-state index in [1.165, 1.54) is 18.2 Å². The molecular weight excluding hydrogens is 284 g/mol. The summed E-state index contributed by atoms with van der Waals surface area (Å²) in [6, 6.07) is 13.0. The minimum Gasteiger partial charge on any atom is -0.387 e. The zero-order chi connectivity index (χ0) is 15.5. The Bertz CT molecular complexity index is 625. The molecule has 1 N–H and O–H groups in total. The van der Waals surface area contributed by atoms with E-state index in [2.05, 4.69) is 4.90 Å². The fourth-order valence-corrected chi connectivity index (χ4v) is 2.64. The molecule has 2 aromatic rings. The molecule has 3 rings (SSSR count). The van der Waals surface area contributed by atoms with Crippen molar-refractivity contribution in [2.75, 3.05) is 6.54 Å². The fraction of sp³-hybridized carbons (Fsp3) is 0.333. The average molecular weight is 303 g/mol. The van der Waals surface area contributed by atoms with E-state index < -0.39 is 6.10 Å². The van der Waals surface area contributed by atoms with Crippen LogP contribution in [0.15, 0.2) is 48.5 Å². The second kappa shape index (κ2) is 6.55. The van der Waals surface area contributed by atoms with Crippen LogP contribution in [0.1, 0.15) is 30.1 Å². The molecule has 0 aromatic heterocycles. The van der Waals surface area contributed by atoms with Gasteiger partial charge in [-0.15, -0.1) is 0 Å². The Morgan fingerprint density at radius 3 is 2.36 bits per heavy atom. The molecule has 22 heavy (non-hydrogen) atoms. The van der Waals surface area contributed by atoms with E-state index in [1.54, 1.807) is 24.3 Å². The van der Waals surface area contributed by atoms with Gasteiger partial charge in [0.15, 0.2) is 0 Å². The number of rotatable bonds is 6. The summed E-state index contributed by atoms with van der Waals surface area (Å²) in [5.74, 6) is -0.536. The first kappa shape index (κ1) is 15.1. The van der Waals surface area contributed by atoms with Gasteiger partial charge in [-0.25, -0.2) is 8.78 Å². The number of hydrogen-bond acceptors (Lipinski definition) is 2. The fourth-order valence-electron chi connectivity index (χ4n) is 2.64. The minimum atomic E-state index is -0.701. The Morgan fingerprint density at radius 2 is 1.73 bits per heavy atom. The summed E-state index contributed by atoms with van der Waals surface area (Å²) < 4.78 is 26.8. The summed E-state index contributed by atoms with van der Waals surface area (Å²) in [4.78, 5) is 2.10. The summed E-state index contributed by atoms with van der Waals surface area (Å²) in [6.45, 7) is 0.903. The summed E-state index contributed by atoms with van der Waals surface area (Å²) in [5, 5.41) is 10.3. The molecule has 2 nitrogen and oxygen atoms in total. The number of nitrogens with zero attached hydrogens (tertiary/aromatic N) is 1. The molecule has 0 amide bonds. The summed E-state index contributed by atoms with van der Waals surface area (Å²) in [6.07, 6.45) is 1.45. The normalized spacial score (nSPS) is 16.0. The van der Waals surface area contributed by atoms with Crippen LogP contribution in [-0.4, -0.2) is 22.6 Å². The van der Waals surface area contributed by atoms with Crippen molar-refractivity contribution in [2.24, 2.45) is 0 Å². The SMILES string of the molecule is OC(CN(Cc1ccccc1F)C1CC1)c1ccc(F)cc1. The van der Waals surface area contributed by atoms with Crippen LogP contribution >= 0.6 is 0 Å². The highest BCUT2D eigenvalue weighted by atomic mass is 19.1. The zero-order valence-electron chi connectivity index (χ0n) is 12.3. The van der Waals surface area contributed by atoms with E-state index in [0.717, 1.165) is 12.8 Å². The molecule has 1 aliphatic rings. The molecule has 2 aromatic carbocycles. The lowest BCUT2D eigenvalue weighted by molar-refractivity contribution is 0.104. The molecule has 0 spiro atoms. The van der Waals surface area contributed by atoms with Crippen LogP contribution < -0.4 is 0 Å². The third-order valence-electron chi connectivity index (χ3n) is 4.06. The van der Waals surface area contributed by atoms with E-state index in [9.17, 15) is 13.9 Å². The molecular formula is C18H19F2NO. The molecule has 0 aliphatic heterocycles. The first-order valence-electron chi connectivity index (χ1n) is 7.54. The molecule has 116 valence electrons. The molecule has 1 atom stereocenters. The van der Waals surface area contributed by atoms with Crippen molar-refractivity contribution in [3.63, 3.8) is 0 Å². The lowest BCUT2D eigenvalue weighted by atomic mass is 10.1. The first-order valence-corrected chi connectivity index (χ1v) is 7.54. The number of aliphatic hydroxyl groups is 1. The van der Waals surface area contributed by atoms with Gasteiger partial charge in [0.05, 0.1) is 6.10 Å². The Balaban J connectivity index is 1.69. The monoisotopic (exact) mass is 303 g/mol. The van der Waals surface area contributed by atoms with Gasteiger partial charge < -0.3 is 5.11 Å². The van der Waals surface area contributed by atoms with Crippen molar-refractivity contribution < 1.29 is 13.9 Å². The largest absolute Gasteiger partial charge is 0.387 e. The predicted molar refractivity (Wildman–Crippen MR) is 81.2 cm³/mol. The molecule has 4 heteroatoms. The van der Waals surface area contributed by atoms with Crippen LogP contribution in [0.2, 0.25) is 0 Å². The van der Waals surface area contributed by atoms with Gasteiger partial charge in [-0.3, -0.25) is 4.90 Å². The van der Waals surface area contributed by atoms with Crippen LogP contribution in [0.25, 0.3) is 0 Å². The van der Waals surface area contributed by atoms with Crippen LogP contribution in [-0.2, 0) is 6.54 Å². The van der Waals surface area contributed by atoms with Gasteiger partial charge in [-0.1, -0.05) is 30.3 Å². The molecule has 0 heterocycles. The number of aliphatic hydroxyl groups excluding tert-OH is 1. The molecule has 0 radical (unpaired) electrons. The lowest BCUT2D eigenvalue weighted by Crippen LogP contribution is -2.30. The van der Waals surface area contributed by atoms with Crippen molar-refractivity contribution in [2.45, 2.75) is 31.5 Å². The molecule has 1 fully saturated rings. The van der Waals surface area contributed by atoms with Gasteiger partial charge in [-0.05, 0) is 36.6 Å². The quantitative estimate of drug-likeness (QED) is 0.880. The summed E-state index contributed by atoms with van der Waals surface area (Å²) in [7, 11) is 0. The second-order valence-corrected chi connectivity index (χ2v) is 5.82. The number of benzene rings is 2.